The first-order valence-electron chi connectivity index (χ1n) is 8.99. The van der Waals surface area contributed by atoms with Gasteiger partial charge in [0.2, 0.25) is 0 Å². The molecule has 28 heavy (non-hydrogen) atoms. The van der Waals surface area contributed by atoms with E-state index in [9.17, 15) is 4.39 Å². The molecule has 1 atom stereocenters. The van der Waals surface area contributed by atoms with Gasteiger partial charge in [-0.15, -0.1) is 0 Å². The van der Waals surface area contributed by atoms with Gasteiger partial charge in [0.15, 0.2) is 0 Å². The average Bonchev–Trinajstić information content (AvgIpc) is 3.33. The summed E-state index contributed by atoms with van der Waals surface area (Å²) in [6.07, 6.45) is 10.2. The van der Waals surface area contributed by atoms with Crippen LogP contribution in [-0.2, 0) is 0 Å². The number of nitrogens with one attached hydrogen (secondary N) is 2. The first kappa shape index (κ1) is 17.1. The maximum Gasteiger partial charge on any atom is 0.140 e. The van der Waals surface area contributed by atoms with E-state index in [0.29, 0.717) is 6.42 Å². The van der Waals surface area contributed by atoms with E-state index in [0.717, 1.165) is 49.3 Å². The molecule has 3 heterocycles. The van der Waals surface area contributed by atoms with E-state index in [2.05, 4.69) is 36.9 Å². The molecule has 1 aromatic carbocycles. The average molecular weight is 435 g/mol. The Kier molecular flexibility index (Phi) is 4.20. The Balaban J connectivity index is 1.70. The van der Waals surface area contributed by atoms with Crippen LogP contribution in [0, 0.1) is 0 Å². The lowest BCUT2D eigenvalue weighted by Crippen LogP contribution is -1.99. The molecule has 1 unspecified atom stereocenters. The fourth-order valence-corrected chi connectivity index (χ4v) is 3.86. The number of halogens is 2. The van der Waals surface area contributed by atoms with Crippen LogP contribution in [0.25, 0.3) is 39.1 Å². The van der Waals surface area contributed by atoms with Gasteiger partial charge in [-0.1, -0.05) is 28.1 Å². The first-order chi connectivity index (χ1) is 13.7. The van der Waals surface area contributed by atoms with Gasteiger partial charge >= 0.3 is 0 Å². The number of aromatic nitrogens is 4. The van der Waals surface area contributed by atoms with Gasteiger partial charge in [-0.3, -0.25) is 4.98 Å². The molecule has 0 fully saturated rings. The molecule has 0 amide bonds. The number of allylic oxidation sites excluding steroid dienone is 4. The molecule has 0 radical (unpaired) electrons. The van der Waals surface area contributed by atoms with E-state index < -0.39 is 6.17 Å². The minimum absolute atomic E-state index is 0.371. The highest BCUT2D eigenvalue weighted by atomic mass is 79.9. The maximum absolute atomic E-state index is 13.6. The van der Waals surface area contributed by atoms with Crippen molar-refractivity contribution in [1.29, 1.82) is 0 Å². The summed E-state index contributed by atoms with van der Waals surface area (Å²) in [5.41, 5.74) is 5.65. The SMILES string of the molecule is FC1C=CC(c2[nH]c(-c3c[nH]c4ccc(Br)cc34)nc2-c2ccncc2)=CC1. The summed E-state index contributed by atoms with van der Waals surface area (Å²) in [7, 11) is 0. The number of pyridine rings is 1. The van der Waals surface area contributed by atoms with Crippen LogP contribution in [-0.4, -0.2) is 26.1 Å². The zero-order chi connectivity index (χ0) is 19.1. The first-order valence-corrected chi connectivity index (χ1v) is 9.78. The third kappa shape index (κ3) is 2.99. The van der Waals surface area contributed by atoms with Gasteiger partial charge in [-0.2, -0.15) is 0 Å². The summed E-state index contributed by atoms with van der Waals surface area (Å²) < 4.78 is 14.6. The lowest BCUT2D eigenvalue weighted by atomic mass is 10.00. The van der Waals surface area contributed by atoms with Crippen molar-refractivity contribution >= 4 is 32.4 Å². The number of rotatable bonds is 3. The number of aromatic amines is 2. The van der Waals surface area contributed by atoms with Gasteiger partial charge in [-0.25, -0.2) is 9.37 Å². The van der Waals surface area contributed by atoms with Crippen molar-refractivity contribution in [1.82, 2.24) is 19.9 Å². The molecule has 0 saturated heterocycles. The lowest BCUT2D eigenvalue weighted by Gasteiger charge is -2.10. The molecule has 4 nitrogen and oxygen atoms in total. The van der Waals surface area contributed by atoms with Crippen LogP contribution in [0.3, 0.4) is 0 Å². The van der Waals surface area contributed by atoms with Crippen molar-refractivity contribution in [3.05, 3.63) is 77.3 Å². The predicted molar refractivity (Wildman–Crippen MR) is 113 cm³/mol. The van der Waals surface area contributed by atoms with Crippen molar-refractivity contribution in [3.8, 4) is 22.6 Å². The molecule has 0 saturated carbocycles. The van der Waals surface area contributed by atoms with Crippen molar-refractivity contribution in [2.45, 2.75) is 12.6 Å². The summed E-state index contributed by atoms with van der Waals surface area (Å²) >= 11 is 3.54. The standard InChI is InChI=1S/C22H16BrFN4/c23-15-3-6-19-17(11-15)18(12-26-19)22-27-20(13-1-4-16(24)5-2-13)21(28-22)14-7-9-25-10-8-14/h1-4,6-12,16,26H,5H2,(H,27,28). The highest BCUT2D eigenvalue weighted by molar-refractivity contribution is 9.10. The summed E-state index contributed by atoms with van der Waals surface area (Å²) in [5, 5.41) is 1.08. The van der Waals surface area contributed by atoms with Crippen LogP contribution >= 0.6 is 15.9 Å². The number of benzene rings is 1. The smallest absolute Gasteiger partial charge is 0.140 e. The predicted octanol–water partition coefficient (Wildman–Crippen LogP) is 6.06. The van der Waals surface area contributed by atoms with Crippen LogP contribution < -0.4 is 0 Å². The van der Waals surface area contributed by atoms with E-state index in [4.69, 9.17) is 4.98 Å². The number of hydrogen-bond acceptors (Lipinski definition) is 2. The van der Waals surface area contributed by atoms with Crippen molar-refractivity contribution < 1.29 is 4.39 Å². The number of alkyl halides is 1. The van der Waals surface area contributed by atoms with Crippen LogP contribution in [0.2, 0.25) is 0 Å². The quantitative estimate of drug-likeness (QED) is 0.411. The Morgan fingerprint density at radius 1 is 1.14 bits per heavy atom. The van der Waals surface area contributed by atoms with E-state index in [1.54, 1.807) is 18.5 Å². The minimum Gasteiger partial charge on any atom is -0.360 e. The largest absolute Gasteiger partial charge is 0.360 e. The van der Waals surface area contributed by atoms with E-state index in [1.807, 2.05) is 42.6 Å². The molecule has 1 aliphatic carbocycles. The molecule has 0 spiro atoms. The zero-order valence-electron chi connectivity index (χ0n) is 14.8. The number of imidazole rings is 1. The third-order valence-corrected chi connectivity index (χ3v) is 5.39. The van der Waals surface area contributed by atoms with Gasteiger partial charge < -0.3 is 9.97 Å². The number of H-pyrrole nitrogens is 2. The summed E-state index contributed by atoms with van der Waals surface area (Å²) in [4.78, 5) is 15.8. The lowest BCUT2D eigenvalue weighted by molar-refractivity contribution is 0.402. The van der Waals surface area contributed by atoms with Crippen molar-refractivity contribution in [2.75, 3.05) is 0 Å². The highest BCUT2D eigenvalue weighted by Crippen LogP contribution is 2.35. The second-order valence-corrected chi connectivity index (χ2v) is 7.62. The second-order valence-electron chi connectivity index (χ2n) is 6.71. The molecule has 0 aliphatic heterocycles. The van der Waals surface area contributed by atoms with Gasteiger partial charge in [-0.05, 0) is 42.0 Å². The Morgan fingerprint density at radius 2 is 2.00 bits per heavy atom. The van der Waals surface area contributed by atoms with E-state index in [-0.39, 0.29) is 0 Å². The fraction of sp³-hybridized carbons (Fsp3) is 0.0909. The molecule has 5 rings (SSSR count). The molecule has 138 valence electrons. The number of nitrogens with zero attached hydrogens (tertiary/aromatic N) is 2. The molecule has 0 bridgehead atoms. The zero-order valence-corrected chi connectivity index (χ0v) is 16.4. The molecule has 3 aromatic heterocycles. The Morgan fingerprint density at radius 3 is 2.79 bits per heavy atom. The second kappa shape index (κ2) is 6.87. The molecule has 4 aromatic rings. The molecule has 1 aliphatic rings. The van der Waals surface area contributed by atoms with Gasteiger partial charge in [0, 0.05) is 51.5 Å². The molecule has 2 N–H and O–H groups in total. The van der Waals surface area contributed by atoms with Gasteiger partial charge in [0.25, 0.3) is 0 Å². The Bertz CT molecular complexity index is 1220. The molecular formula is C22H16BrFN4. The fourth-order valence-electron chi connectivity index (χ4n) is 3.50. The normalized spacial score (nSPS) is 16.5. The Hall–Kier alpha value is -2.99. The summed E-state index contributed by atoms with van der Waals surface area (Å²) in [6.45, 7) is 0. The van der Waals surface area contributed by atoms with Crippen LogP contribution in [0.15, 0.2) is 71.6 Å². The number of fused-ring (bicyclic) bond motifs is 1. The van der Waals surface area contributed by atoms with Crippen LogP contribution in [0.5, 0.6) is 0 Å². The van der Waals surface area contributed by atoms with Gasteiger partial charge in [0.1, 0.15) is 12.0 Å². The number of hydrogen-bond donors (Lipinski definition) is 2. The monoisotopic (exact) mass is 434 g/mol. The van der Waals surface area contributed by atoms with Crippen molar-refractivity contribution in [2.24, 2.45) is 0 Å². The third-order valence-electron chi connectivity index (χ3n) is 4.89. The van der Waals surface area contributed by atoms with Gasteiger partial charge in [0.05, 0.1) is 11.4 Å². The summed E-state index contributed by atoms with van der Waals surface area (Å²) in [6, 6.07) is 9.97. The van der Waals surface area contributed by atoms with Crippen LogP contribution in [0.4, 0.5) is 4.39 Å². The van der Waals surface area contributed by atoms with Crippen molar-refractivity contribution in [3.63, 3.8) is 0 Å². The van der Waals surface area contributed by atoms with Crippen LogP contribution in [0.1, 0.15) is 12.1 Å². The molecule has 6 heteroatoms. The molecular weight excluding hydrogens is 419 g/mol. The summed E-state index contributed by atoms with van der Waals surface area (Å²) in [5.74, 6) is 0.767. The highest BCUT2D eigenvalue weighted by Gasteiger charge is 2.19. The maximum atomic E-state index is 13.6. The minimum atomic E-state index is -0.929. The Labute approximate surface area is 169 Å². The van der Waals surface area contributed by atoms with E-state index >= 15 is 0 Å². The topological polar surface area (TPSA) is 57.4 Å². The van der Waals surface area contributed by atoms with E-state index in [1.165, 1.54) is 0 Å².